The van der Waals surface area contributed by atoms with Gasteiger partial charge in [0.15, 0.2) is 18.5 Å². The monoisotopic (exact) mass is 534 g/mol. The second-order valence-electron chi connectivity index (χ2n) is 8.54. The third-order valence-corrected chi connectivity index (χ3v) is 6.73. The van der Waals surface area contributed by atoms with Gasteiger partial charge in [-0.3, -0.25) is 13.8 Å². The van der Waals surface area contributed by atoms with Crippen molar-refractivity contribution in [2.75, 3.05) is 13.2 Å². The van der Waals surface area contributed by atoms with Gasteiger partial charge in [0, 0.05) is 12.3 Å². The van der Waals surface area contributed by atoms with E-state index in [9.17, 15) is 24.5 Å². The first-order valence-electron chi connectivity index (χ1n) is 11.6. The van der Waals surface area contributed by atoms with Gasteiger partial charge in [-0.15, -0.1) is 5.10 Å². The van der Waals surface area contributed by atoms with Gasteiger partial charge in [0.25, 0.3) is 12.1 Å². The number of rotatable bonds is 12. The van der Waals surface area contributed by atoms with Gasteiger partial charge >= 0.3 is 7.82 Å². The number of phosphoric ester groups is 1. The molecule has 0 saturated carbocycles. The summed E-state index contributed by atoms with van der Waals surface area (Å²) in [5.41, 5.74) is 7.26. The van der Waals surface area contributed by atoms with E-state index < -0.39 is 44.9 Å². The highest BCUT2D eigenvalue weighted by molar-refractivity contribution is 7.47. The summed E-state index contributed by atoms with van der Waals surface area (Å²) in [5.74, 6) is -0.669. The number of hydrogen-bond acceptors (Lipinski definition) is 9. The van der Waals surface area contributed by atoms with E-state index in [0.717, 1.165) is 5.56 Å². The number of benzene rings is 1. The number of amides is 1. The largest absolute Gasteiger partial charge is 0.472 e. The number of aryl methyl sites for hydroxylation is 1. The van der Waals surface area contributed by atoms with Crippen molar-refractivity contribution in [1.82, 2.24) is 15.0 Å². The molecule has 1 fully saturated rings. The third kappa shape index (κ3) is 7.27. The summed E-state index contributed by atoms with van der Waals surface area (Å²) in [4.78, 5) is 21.4. The molecule has 1 saturated heterocycles. The van der Waals surface area contributed by atoms with Gasteiger partial charge in [0.05, 0.1) is 25.5 Å². The van der Waals surface area contributed by atoms with Gasteiger partial charge in [0.2, 0.25) is 0 Å². The van der Waals surface area contributed by atoms with Crippen molar-refractivity contribution >= 4 is 13.7 Å². The Balaban J connectivity index is 1.21. The van der Waals surface area contributed by atoms with Crippen molar-refractivity contribution in [2.24, 2.45) is 5.73 Å². The minimum Gasteiger partial charge on any atom is -0.387 e. The molecule has 0 spiro atoms. The SMILES string of the molecule is NC(=O)c1ccc[n+]([C@@H]2O[C@H](COP(=O)(O)OCCCc3cn(Cc4ccccc4)nn3)[C@@H](O)[C@H]2O)c1. The van der Waals surface area contributed by atoms with Gasteiger partial charge in [-0.25, -0.2) is 9.25 Å². The van der Waals surface area contributed by atoms with Crippen molar-refractivity contribution < 1.29 is 42.8 Å². The Bertz CT molecular complexity index is 1240. The maximum Gasteiger partial charge on any atom is 0.472 e. The number of aliphatic hydroxyl groups is 2. The summed E-state index contributed by atoms with van der Waals surface area (Å²) in [7, 11) is -4.45. The lowest BCUT2D eigenvalue weighted by Gasteiger charge is -2.16. The molecule has 1 aliphatic rings. The Kier molecular flexibility index (Phi) is 8.77. The Hall–Kier alpha value is -3.03. The molecule has 4 rings (SSSR count). The van der Waals surface area contributed by atoms with Crippen LogP contribution in [0.1, 0.15) is 34.3 Å². The minimum absolute atomic E-state index is 0.0750. The average Bonchev–Trinajstić information content (AvgIpc) is 3.45. The Morgan fingerprint density at radius 2 is 1.95 bits per heavy atom. The molecule has 0 radical (unpaired) electrons. The van der Waals surface area contributed by atoms with E-state index in [1.54, 1.807) is 10.9 Å². The zero-order valence-corrected chi connectivity index (χ0v) is 20.7. The number of primary amides is 1. The lowest BCUT2D eigenvalue weighted by Crippen LogP contribution is -2.46. The van der Waals surface area contributed by atoms with Gasteiger partial charge in [-0.05, 0) is 24.5 Å². The number of hydrogen-bond donors (Lipinski definition) is 4. The number of pyridine rings is 1. The van der Waals surface area contributed by atoms with Crippen molar-refractivity contribution in [3.63, 3.8) is 0 Å². The summed E-state index contributed by atoms with van der Waals surface area (Å²) < 4.78 is 31.0. The maximum absolute atomic E-state index is 12.3. The number of carbonyl (C=O) groups is 1. The molecular weight excluding hydrogens is 505 g/mol. The van der Waals surface area contributed by atoms with E-state index in [4.69, 9.17) is 19.5 Å². The smallest absolute Gasteiger partial charge is 0.387 e. The number of aliphatic hydroxyl groups excluding tert-OH is 2. The molecule has 13 nitrogen and oxygen atoms in total. The Morgan fingerprint density at radius 1 is 1.16 bits per heavy atom. The summed E-state index contributed by atoms with van der Waals surface area (Å²) in [6, 6.07) is 12.8. The molecule has 1 amide bonds. The molecule has 14 heteroatoms. The van der Waals surface area contributed by atoms with Crippen molar-refractivity contribution in [3.8, 4) is 0 Å². The zero-order valence-electron chi connectivity index (χ0n) is 19.8. The van der Waals surface area contributed by atoms with Crippen LogP contribution in [0.15, 0.2) is 61.1 Å². The molecule has 0 bridgehead atoms. The van der Waals surface area contributed by atoms with Crippen LogP contribution in [-0.2, 0) is 31.3 Å². The first-order valence-corrected chi connectivity index (χ1v) is 13.1. The van der Waals surface area contributed by atoms with Gasteiger partial charge in [-0.1, -0.05) is 35.5 Å². The maximum atomic E-state index is 12.3. The lowest BCUT2D eigenvalue weighted by atomic mass is 10.1. The first kappa shape index (κ1) is 27.0. The highest BCUT2D eigenvalue weighted by Gasteiger charge is 2.49. The van der Waals surface area contributed by atoms with Crippen LogP contribution in [0.4, 0.5) is 0 Å². The molecule has 1 unspecified atom stereocenters. The zero-order chi connectivity index (χ0) is 26.4. The summed E-state index contributed by atoms with van der Waals surface area (Å²) in [6.07, 6.45) is 0.612. The molecule has 37 heavy (non-hydrogen) atoms. The number of carbonyl (C=O) groups excluding carboxylic acids is 1. The second-order valence-corrected chi connectivity index (χ2v) is 10.00. The van der Waals surface area contributed by atoms with Gasteiger partial charge in [-0.2, -0.15) is 4.57 Å². The summed E-state index contributed by atoms with van der Waals surface area (Å²) >= 11 is 0. The molecular formula is C23H29N5O8P+. The van der Waals surface area contributed by atoms with Crippen LogP contribution in [-0.4, -0.2) is 67.5 Å². The average molecular weight is 534 g/mol. The van der Waals surface area contributed by atoms with Crippen molar-refractivity contribution in [3.05, 3.63) is 77.9 Å². The number of aromatic nitrogens is 4. The van der Waals surface area contributed by atoms with E-state index in [1.165, 1.54) is 29.1 Å². The predicted molar refractivity (Wildman–Crippen MR) is 127 cm³/mol. The lowest BCUT2D eigenvalue weighted by molar-refractivity contribution is -0.765. The van der Waals surface area contributed by atoms with Crippen molar-refractivity contribution in [2.45, 2.75) is 43.9 Å². The fraction of sp³-hybridized carbons (Fsp3) is 0.391. The second kappa shape index (κ2) is 12.0. The van der Waals surface area contributed by atoms with E-state index in [2.05, 4.69) is 10.3 Å². The molecule has 198 valence electrons. The number of ether oxygens (including phenoxy) is 1. The summed E-state index contributed by atoms with van der Waals surface area (Å²) in [6.45, 7) is 0.00451. The molecule has 1 aliphatic heterocycles. The normalized spacial score (nSPS) is 23.1. The predicted octanol–water partition coefficient (Wildman–Crippen LogP) is 0.0984. The van der Waals surface area contributed by atoms with E-state index >= 15 is 0 Å². The molecule has 3 aromatic rings. The van der Waals surface area contributed by atoms with Gasteiger partial charge < -0.3 is 25.6 Å². The number of nitrogens with zero attached hydrogens (tertiary/aromatic N) is 4. The highest BCUT2D eigenvalue weighted by Crippen LogP contribution is 2.44. The topological polar surface area (TPSA) is 183 Å². The molecule has 5 atom stereocenters. The minimum atomic E-state index is -4.45. The van der Waals surface area contributed by atoms with Gasteiger partial charge in [0.1, 0.15) is 17.8 Å². The molecule has 5 N–H and O–H groups in total. The van der Waals surface area contributed by atoms with E-state index in [-0.39, 0.29) is 12.2 Å². The highest BCUT2D eigenvalue weighted by atomic mass is 31.2. The Labute approximate surface area is 212 Å². The van der Waals surface area contributed by atoms with Crippen LogP contribution in [0.2, 0.25) is 0 Å². The quantitative estimate of drug-likeness (QED) is 0.141. The number of nitrogens with two attached hydrogens (primary N) is 1. The molecule has 3 heterocycles. The first-order chi connectivity index (χ1) is 17.7. The number of phosphoric acid groups is 1. The van der Waals surface area contributed by atoms with Crippen LogP contribution in [0.5, 0.6) is 0 Å². The Morgan fingerprint density at radius 3 is 2.70 bits per heavy atom. The van der Waals surface area contributed by atoms with Crippen molar-refractivity contribution in [1.29, 1.82) is 0 Å². The molecule has 1 aromatic carbocycles. The third-order valence-electron chi connectivity index (χ3n) is 5.74. The van der Waals surface area contributed by atoms with Crippen LogP contribution >= 0.6 is 7.82 Å². The fourth-order valence-electron chi connectivity index (χ4n) is 3.85. The van der Waals surface area contributed by atoms with E-state index in [1.807, 2.05) is 30.3 Å². The van der Waals surface area contributed by atoms with E-state index in [0.29, 0.717) is 25.1 Å². The molecule has 2 aromatic heterocycles. The van der Waals surface area contributed by atoms with Crippen LogP contribution in [0, 0.1) is 0 Å². The van der Waals surface area contributed by atoms with Crippen LogP contribution < -0.4 is 10.3 Å². The van der Waals surface area contributed by atoms with Crippen LogP contribution in [0.3, 0.4) is 0 Å². The summed E-state index contributed by atoms with van der Waals surface area (Å²) in [5, 5.41) is 28.9. The standard InChI is InChI=1S/C23H28N5O8P/c24-22(31)17-8-4-10-27(13-17)23-21(30)20(29)19(36-23)15-35-37(32,33)34-11-5-9-18-14-28(26-25-18)12-16-6-2-1-3-7-16/h1-4,6-8,10,13-14,19-21,23,29-30H,5,9,11-12,15H2,(H2-,24,31,32,33)/p+1/t19-,20-,21-,23-/m1/s1. The van der Waals surface area contributed by atoms with Crippen LogP contribution in [0.25, 0.3) is 0 Å². The molecule has 0 aliphatic carbocycles. The fourth-order valence-corrected chi connectivity index (χ4v) is 4.62.